The van der Waals surface area contributed by atoms with E-state index in [0.717, 1.165) is 19.5 Å². The standard InChI is InChI=1S/C8H17N3O/c1-6(9)8(12)10-7-3-4-11(2)5-7/h6-7H,3-5,9H2,1-2H3,(H,10,12)/t6?,7-/m0/s1. The molecule has 1 aliphatic rings. The molecule has 70 valence electrons. The van der Waals surface area contributed by atoms with Crippen molar-refractivity contribution in [1.82, 2.24) is 10.2 Å². The van der Waals surface area contributed by atoms with Crippen LogP contribution in [0.3, 0.4) is 0 Å². The summed E-state index contributed by atoms with van der Waals surface area (Å²) in [5.41, 5.74) is 5.42. The second kappa shape index (κ2) is 3.87. The molecule has 1 unspecified atom stereocenters. The highest BCUT2D eigenvalue weighted by molar-refractivity contribution is 5.81. The molecule has 0 radical (unpaired) electrons. The smallest absolute Gasteiger partial charge is 0.236 e. The van der Waals surface area contributed by atoms with Crippen molar-refractivity contribution in [3.8, 4) is 0 Å². The lowest BCUT2D eigenvalue weighted by atomic mass is 10.2. The lowest BCUT2D eigenvalue weighted by molar-refractivity contribution is -0.122. The minimum absolute atomic E-state index is 0.0460. The van der Waals surface area contributed by atoms with E-state index in [1.54, 1.807) is 6.92 Å². The number of likely N-dealkylation sites (N-methyl/N-ethyl adjacent to an activating group) is 1. The Morgan fingerprint density at radius 2 is 2.42 bits per heavy atom. The molecule has 0 spiro atoms. The van der Waals surface area contributed by atoms with E-state index < -0.39 is 6.04 Å². The fraction of sp³-hybridized carbons (Fsp3) is 0.875. The molecule has 12 heavy (non-hydrogen) atoms. The number of amides is 1. The van der Waals surface area contributed by atoms with E-state index in [1.165, 1.54) is 0 Å². The molecule has 0 saturated carbocycles. The van der Waals surface area contributed by atoms with Crippen molar-refractivity contribution in [3.63, 3.8) is 0 Å². The van der Waals surface area contributed by atoms with E-state index in [0.29, 0.717) is 6.04 Å². The average molecular weight is 171 g/mol. The van der Waals surface area contributed by atoms with Crippen molar-refractivity contribution in [2.24, 2.45) is 5.73 Å². The molecule has 1 fully saturated rings. The van der Waals surface area contributed by atoms with Crippen LogP contribution in [0, 0.1) is 0 Å². The van der Waals surface area contributed by atoms with Crippen molar-refractivity contribution in [1.29, 1.82) is 0 Å². The lowest BCUT2D eigenvalue weighted by Gasteiger charge is -2.14. The topological polar surface area (TPSA) is 58.4 Å². The molecule has 2 atom stereocenters. The second-order valence-corrected chi connectivity index (χ2v) is 3.55. The lowest BCUT2D eigenvalue weighted by Crippen LogP contribution is -2.44. The first-order valence-corrected chi connectivity index (χ1v) is 4.34. The summed E-state index contributed by atoms with van der Waals surface area (Å²) >= 11 is 0. The quantitative estimate of drug-likeness (QED) is 0.569. The molecule has 1 heterocycles. The van der Waals surface area contributed by atoms with Crippen molar-refractivity contribution < 1.29 is 4.79 Å². The van der Waals surface area contributed by atoms with Gasteiger partial charge < -0.3 is 16.0 Å². The molecule has 4 nitrogen and oxygen atoms in total. The van der Waals surface area contributed by atoms with Gasteiger partial charge >= 0.3 is 0 Å². The molecule has 1 aliphatic heterocycles. The second-order valence-electron chi connectivity index (χ2n) is 3.55. The van der Waals surface area contributed by atoms with Crippen LogP contribution in [0.25, 0.3) is 0 Å². The van der Waals surface area contributed by atoms with Crippen LogP contribution in [-0.4, -0.2) is 43.0 Å². The minimum Gasteiger partial charge on any atom is -0.351 e. The number of nitrogens with zero attached hydrogens (tertiary/aromatic N) is 1. The Morgan fingerprint density at radius 3 is 2.83 bits per heavy atom. The minimum atomic E-state index is -0.393. The van der Waals surface area contributed by atoms with Gasteiger partial charge in [-0.1, -0.05) is 0 Å². The van der Waals surface area contributed by atoms with Crippen molar-refractivity contribution in [2.45, 2.75) is 25.4 Å². The summed E-state index contributed by atoms with van der Waals surface area (Å²) in [6.45, 7) is 3.70. The van der Waals surface area contributed by atoms with E-state index in [2.05, 4.69) is 17.3 Å². The van der Waals surface area contributed by atoms with Gasteiger partial charge in [-0.3, -0.25) is 4.79 Å². The predicted octanol–water partition coefficient (Wildman–Crippen LogP) is -0.846. The van der Waals surface area contributed by atoms with Gasteiger partial charge in [-0.25, -0.2) is 0 Å². The summed E-state index contributed by atoms with van der Waals surface area (Å²) in [4.78, 5) is 13.4. The monoisotopic (exact) mass is 171 g/mol. The summed E-state index contributed by atoms with van der Waals surface area (Å²) in [6, 6.07) is -0.0931. The molecule has 0 aliphatic carbocycles. The van der Waals surface area contributed by atoms with Crippen LogP contribution in [-0.2, 0) is 4.79 Å². The van der Waals surface area contributed by atoms with Crippen LogP contribution in [0.5, 0.6) is 0 Å². The SMILES string of the molecule is CC(N)C(=O)N[C@H]1CCN(C)C1. The summed E-state index contributed by atoms with van der Waals surface area (Å²) in [5.74, 6) is -0.0460. The Balaban J connectivity index is 2.28. The third kappa shape index (κ3) is 2.46. The fourth-order valence-corrected chi connectivity index (χ4v) is 1.39. The number of rotatable bonds is 2. The molecule has 0 aromatic rings. The number of carbonyl (C=O) groups excluding carboxylic acids is 1. The average Bonchev–Trinajstić information content (AvgIpc) is 2.35. The van der Waals surface area contributed by atoms with Gasteiger partial charge in [0.1, 0.15) is 0 Å². The molecular weight excluding hydrogens is 154 g/mol. The van der Waals surface area contributed by atoms with Crippen molar-refractivity contribution >= 4 is 5.91 Å². The molecule has 0 aromatic carbocycles. The van der Waals surface area contributed by atoms with Crippen LogP contribution in [0.2, 0.25) is 0 Å². The highest BCUT2D eigenvalue weighted by Crippen LogP contribution is 2.05. The Kier molecular flexibility index (Phi) is 3.05. The molecule has 4 heteroatoms. The third-order valence-corrected chi connectivity index (χ3v) is 2.15. The van der Waals surface area contributed by atoms with Gasteiger partial charge in [-0.2, -0.15) is 0 Å². The zero-order valence-corrected chi connectivity index (χ0v) is 7.71. The first-order chi connectivity index (χ1) is 5.59. The number of nitrogens with one attached hydrogen (secondary N) is 1. The van der Waals surface area contributed by atoms with Crippen LogP contribution in [0.4, 0.5) is 0 Å². The van der Waals surface area contributed by atoms with Crippen molar-refractivity contribution in [2.75, 3.05) is 20.1 Å². The maximum Gasteiger partial charge on any atom is 0.236 e. The Morgan fingerprint density at radius 1 is 1.75 bits per heavy atom. The van der Waals surface area contributed by atoms with E-state index >= 15 is 0 Å². The number of hydrogen-bond donors (Lipinski definition) is 2. The number of nitrogens with two attached hydrogens (primary N) is 1. The molecule has 1 amide bonds. The summed E-state index contributed by atoms with van der Waals surface area (Å²) in [7, 11) is 2.05. The van der Waals surface area contributed by atoms with Crippen LogP contribution < -0.4 is 11.1 Å². The number of likely N-dealkylation sites (tertiary alicyclic amines) is 1. The molecular formula is C8H17N3O. The Bertz CT molecular complexity index is 170. The van der Waals surface area contributed by atoms with E-state index in [4.69, 9.17) is 5.73 Å². The van der Waals surface area contributed by atoms with Gasteiger partial charge in [0.05, 0.1) is 6.04 Å². The third-order valence-electron chi connectivity index (χ3n) is 2.15. The highest BCUT2D eigenvalue weighted by Gasteiger charge is 2.21. The zero-order valence-electron chi connectivity index (χ0n) is 7.71. The van der Waals surface area contributed by atoms with Gasteiger partial charge in [0.2, 0.25) is 5.91 Å². The largest absolute Gasteiger partial charge is 0.351 e. The number of carbonyl (C=O) groups is 1. The summed E-state index contributed by atoms with van der Waals surface area (Å²) in [6.07, 6.45) is 1.04. The maximum atomic E-state index is 11.2. The first-order valence-electron chi connectivity index (χ1n) is 4.34. The van der Waals surface area contributed by atoms with Gasteiger partial charge in [0.15, 0.2) is 0 Å². The van der Waals surface area contributed by atoms with Crippen LogP contribution in [0.1, 0.15) is 13.3 Å². The van der Waals surface area contributed by atoms with E-state index in [-0.39, 0.29) is 5.91 Å². The molecule has 0 aromatic heterocycles. The van der Waals surface area contributed by atoms with Gasteiger partial charge in [0.25, 0.3) is 0 Å². The van der Waals surface area contributed by atoms with Crippen LogP contribution in [0.15, 0.2) is 0 Å². The normalized spacial score (nSPS) is 27.1. The predicted molar refractivity (Wildman–Crippen MR) is 47.7 cm³/mol. The summed E-state index contributed by atoms with van der Waals surface area (Å²) < 4.78 is 0. The Labute approximate surface area is 73.1 Å². The van der Waals surface area contributed by atoms with Crippen LogP contribution >= 0.6 is 0 Å². The maximum absolute atomic E-state index is 11.2. The summed E-state index contributed by atoms with van der Waals surface area (Å²) in [5, 5.41) is 2.90. The van der Waals surface area contributed by atoms with Gasteiger partial charge in [-0.05, 0) is 26.9 Å². The van der Waals surface area contributed by atoms with Gasteiger partial charge in [-0.15, -0.1) is 0 Å². The van der Waals surface area contributed by atoms with E-state index in [9.17, 15) is 4.79 Å². The molecule has 1 saturated heterocycles. The van der Waals surface area contributed by atoms with Gasteiger partial charge in [0, 0.05) is 12.6 Å². The highest BCUT2D eigenvalue weighted by atomic mass is 16.2. The fourth-order valence-electron chi connectivity index (χ4n) is 1.39. The zero-order chi connectivity index (χ0) is 9.14. The molecule has 3 N–H and O–H groups in total. The van der Waals surface area contributed by atoms with Crippen molar-refractivity contribution in [3.05, 3.63) is 0 Å². The molecule has 1 rings (SSSR count). The van der Waals surface area contributed by atoms with E-state index in [1.807, 2.05) is 0 Å². The Hall–Kier alpha value is -0.610. The number of hydrogen-bond acceptors (Lipinski definition) is 3. The first kappa shape index (κ1) is 9.48. The molecule has 0 bridgehead atoms.